The average Bonchev–Trinajstić information content (AvgIpc) is 4.00. The van der Waals surface area contributed by atoms with Gasteiger partial charge in [-0.2, -0.15) is 0 Å². The summed E-state index contributed by atoms with van der Waals surface area (Å²) in [5.41, 5.74) is 12.9. The molecule has 294 valence electrons. The Kier molecular flexibility index (Phi) is 7.80. The molecule has 0 atom stereocenters. The summed E-state index contributed by atoms with van der Waals surface area (Å²) in [5, 5.41) is 7.20. The number of nitrogens with zero attached hydrogens (tertiary/aromatic N) is 6. The first-order valence-corrected chi connectivity index (χ1v) is 21.3. The van der Waals surface area contributed by atoms with Gasteiger partial charge in [-0.3, -0.25) is 0 Å². The van der Waals surface area contributed by atoms with Crippen molar-refractivity contribution in [1.29, 1.82) is 0 Å². The Morgan fingerprint density at radius 3 is 1.25 bits per heavy atom. The van der Waals surface area contributed by atoms with Crippen LogP contribution in [0.2, 0.25) is 0 Å². The second kappa shape index (κ2) is 14.0. The first-order valence-electron chi connectivity index (χ1n) is 21.3. The lowest BCUT2D eigenvalue weighted by molar-refractivity contribution is 0.776. The number of hydrogen-bond acceptors (Lipinski definition) is 3. The van der Waals surface area contributed by atoms with Gasteiger partial charge < -0.3 is 4.57 Å². The van der Waals surface area contributed by atoms with Crippen molar-refractivity contribution in [1.82, 2.24) is 28.9 Å². The average molecular weight is 805 g/mol. The van der Waals surface area contributed by atoms with E-state index in [1.807, 2.05) is 24.3 Å². The highest BCUT2D eigenvalue weighted by Gasteiger charge is 2.24. The third kappa shape index (κ3) is 5.48. The first-order chi connectivity index (χ1) is 31.3. The molecule has 0 N–H and O–H groups in total. The lowest BCUT2D eigenvalue weighted by Crippen LogP contribution is -2.09. The van der Waals surface area contributed by atoms with Crippen LogP contribution in [0.5, 0.6) is 0 Å². The van der Waals surface area contributed by atoms with Crippen LogP contribution in [-0.2, 0) is 0 Å². The smallest absolute Gasteiger partial charge is 0.164 e. The summed E-state index contributed by atoms with van der Waals surface area (Å²) in [6.07, 6.45) is 0. The Morgan fingerprint density at radius 2 is 0.651 bits per heavy atom. The summed E-state index contributed by atoms with van der Waals surface area (Å²) in [4.78, 5) is 15.4. The van der Waals surface area contributed by atoms with Crippen molar-refractivity contribution in [2.45, 2.75) is 0 Å². The number of rotatable bonds is 6. The van der Waals surface area contributed by atoms with Gasteiger partial charge >= 0.3 is 0 Å². The third-order valence-corrected chi connectivity index (χ3v) is 12.5. The van der Waals surface area contributed by atoms with Gasteiger partial charge in [0.1, 0.15) is 0 Å². The van der Waals surface area contributed by atoms with Crippen LogP contribution >= 0.6 is 0 Å². The molecule has 0 amide bonds. The van der Waals surface area contributed by atoms with Gasteiger partial charge in [-0.1, -0.05) is 182 Å². The third-order valence-electron chi connectivity index (χ3n) is 12.5. The second-order valence-corrected chi connectivity index (χ2v) is 16.1. The second-order valence-electron chi connectivity index (χ2n) is 16.1. The van der Waals surface area contributed by atoms with Crippen molar-refractivity contribution in [3.8, 4) is 51.0 Å². The molecule has 0 fully saturated rings. The van der Waals surface area contributed by atoms with E-state index in [4.69, 9.17) is 15.0 Å². The van der Waals surface area contributed by atoms with E-state index in [1.165, 1.54) is 37.9 Å². The molecule has 6 nitrogen and oxygen atoms in total. The van der Waals surface area contributed by atoms with Gasteiger partial charge in [0.15, 0.2) is 17.5 Å². The van der Waals surface area contributed by atoms with E-state index in [0.717, 1.165) is 61.0 Å². The number of benzene rings is 9. The summed E-state index contributed by atoms with van der Waals surface area (Å²) < 4.78 is 7.30. The SMILES string of the molecule is c1ccc(-c2ccc(-c3nc(-c4ccccc4)nc(-c4cccc(-n5c6ccccc6c6ccc7c8ccccc8n(-n8c9ccccc9c9ccccc98)c7c65)c4)n3)cc2)cc1. The van der Waals surface area contributed by atoms with E-state index in [-0.39, 0.29) is 0 Å². The van der Waals surface area contributed by atoms with Gasteiger partial charge in [0.05, 0.1) is 33.1 Å². The molecular formula is C57H36N6. The molecule has 0 radical (unpaired) electrons. The monoisotopic (exact) mass is 804 g/mol. The van der Waals surface area contributed by atoms with E-state index in [0.29, 0.717) is 17.5 Å². The van der Waals surface area contributed by atoms with Crippen LogP contribution in [-0.4, -0.2) is 28.9 Å². The van der Waals surface area contributed by atoms with Gasteiger partial charge in [0, 0.05) is 54.7 Å². The predicted molar refractivity (Wildman–Crippen MR) is 259 cm³/mol. The van der Waals surface area contributed by atoms with Crippen molar-refractivity contribution < 1.29 is 0 Å². The summed E-state index contributed by atoms with van der Waals surface area (Å²) in [6, 6.07) is 77.3. The highest BCUT2D eigenvalue weighted by molar-refractivity contribution is 6.23. The molecule has 0 bridgehead atoms. The Labute approximate surface area is 362 Å². The standard InChI is InChI=1S/C57H36N6/c1-3-16-37(17-4-1)38-30-32-40(33-31-38)56-58-55(39-18-5-2-6-19-39)59-57(60-56)41-20-15-21-42(36-41)61-49-26-11-7-24-45(49)47-34-35-48-46-25-10-14-29-52(46)63(54(48)53(47)61)62-50-27-12-8-22-43(50)44-23-9-13-28-51(44)62/h1-36H. The molecular weight excluding hydrogens is 769 g/mol. The predicted octanol–water partition coefficient (Wildman–Crippen LogP) is 14.2. The molecule has 0 saturated carbocycles. The molecule has 13 rings (SSSR count). The summed E-state index contributed by atoms with van der Waals surface area (Å²) >= 11 is 0. The normalized spacial score (nSPS) is 11.8. The molecule has 0 aliphatic carbocycles. The van der Waals surface area contributed by atoms with Gasteiger partial charge in [0.25, 0.3) is 0 Å². The van der Waals surface area contributed by atoms with E-state index >= 15 is 0 Å². The number of aromatic nitrogens is 6. The van der Waals surface area contributed by atoms with Crippen LogP contribution in [0.1, 0.15) is 0 Å². The van der Waals surface area contributed by atoms with Crippen LogP contribution in [0.25, 0.3) is 116 Å². The highest BCUT2D eigenvalue weighted by atomic mass is 15.5. The molecule has 4 aromatic heterocycles. The zero-order chi connectivity index (χ0) is 41.4. The fourth-order valence-corrected chi connectivity index (χ4v) is 9.65. The lowest BCUT2D eigenvalue weighted by atomic mass is 10.0. The molecule has 0 aliphatic heterocycles. The topological polar surface area (TPSA) is 53.5 Å². The minimum absolute atomic E-state index is 0.609. The Hall–Kier alpha value is -8.61. The Balaban J connectivity index is 1.07. The summed E-state index contributed by atoms with van der Waals surface area (Å²) in [7, 11) is 0. The quantitative estimate of drug-likeness (QED) is 0.168. The zero-order valence-corrected chi connectivity index (χ0v) is 34.0. The van der Waals surface area contributed by atoms with Crippen molar-refractivity contribution >= 4 is 65.4 Å². The largest absolute Gasteiger partial charge is 0.307 e. The van der Waals surface area contributed by atoms with E-state index in [1.54, 1.807) is 0 Å². The van der Waals surface area contributed by atoms with E-state index < -0.39 is 0 Å². The molecule has 0 spiro atoms. The van der Waals surface area contributed by atoms with Crippen molar-refractivity contribution in [2.75, 3.05) is 0 Å². The molecule has 13 aromatic rings. The maximum Gasteiger partial charge on any atom is 0.164 e. The summed E-state index contributed by atoms with van der Waals surface area (Å²) in [5.74, 6) is 1.86. The first kappa shape index (κ1) is 35.2. The fraction of sp³-hybridized carbons (Fsp3) is 0. The van der Waals surface area contributed by atoms with Gasteiger partial charge in [-0.15, -0.1) is 0 Å². The van der Waals surface area contributed by atoms with Crippen LogP contribution in [0.4, 0.5) is 0 Å². The molecule has 4 heterocycles. The minimum Gasteiger partial charge on any atom is -0.307 e. The maximum absolute atomic E-state index is 5.19. The van der Waals surface area contributed by atoms with Crippen molar-refractivity contribution in [3.05, 3.63) is 218 Å². The molecule has 63 heavy (non-hydrogen) atoms. The van der Waals surface area contributed by atoms with Crippen LogP contribution in [0, 0.1) is 0 Å². The number of para-hydroxylation sites is 4. The van der Waals surface area contributed by atoms with Crippen molar-refractivity contribution in [3.63, 3.8) is 0 Å². The van der Waals surface area contributed by atoms with E-state index in [2.05, 4.69) is 208 Å². The maximum atomic E-state index is 5.19. The van der Waals surface area contributed by atoms with Gasteiger partial charge in [-0.05, 0) is 47.5 Å². The number of hydrogen-bond donors (Lipinski definition) is 0. The number of fused-ring (bicyclic) bond motifs is 10. The fourth-order valence-electron chi connectivity index (χ4n) is 9.65. The molecule has 6 heteroatoms. The molecule has 0 aliphatic rings. The van der Waals surface area contributed by atoms with Crippen LogP contribution in [0.3, 0.4) is 0 Å². The van der Waals surface area contributed by atoms with E-state index in [9.17, 15) is 0 Å². The summed E-state index contributed by atoms with van der Waals surface area (Å²) in [6.45, 7) is 0. The molecule has 0 unspecified atom stereocenters. The van der Waals surface area contributed by atoms with Gasteiger partial charge in [0.2, 0.25) is 0 Å². The Morgan fingerprint density at radius 1 is 0.254 bits per heavy atom. The highest BCUT2D eigenvalue weighted by Crippen LogP contribution is 2.42. The van der Waals surface area contributed by atoms with Gasteiger partial charge in [-0.25, -0.2) is 24.3 Å². The van der Waals surface area contributed by atoms with Crippen LogP contribution < -0.4 is 0 Å². The Bertz CT molecular complexity index is 3840. The van der Waals surface area contributed by atoms with Crippen molar-refractivity contribution in [2.24, 2.45) is 0 Å². The minimum atomic E-state index is 0.609. The molecule has 9 aromatic carbocycles. The zero-order valence-electron chi connectivity index (χ0n) is 34.0. The molecule has 0 saturated heterocycles. The lowest BCUT2D eigenvalue weighted by Gasteiger charge is -2.16. The van der Waals surface area contributed by atoms with Crippen LogP contribution in [0.15, 0.2) is 218 Å².